The Morgan fingerprint density at radius 1 is 1.13 bits per heavy atom. The van der Waals surface area contributed by atoms with Gasteiger partial charge in [0.2, 0.25) is 0 Å². The van der Waals surface area contributed by atoms with Gasteiger partial charge in [0.1, 0.15) is 0 Å². The predicted molar refractivity (Wildman–Crippen MR) is 87.0 cm³/mol. The number of aromatic nitrogens is 1. The molecule has 1 aromatic heterocycles. The van der Waals surface area contributed by atoms with Gasteiger partial charge in [0, 0.05) is 17.6 Å². The number of nitrogens with one attached hydrogen (secondary N) is 1. The van der Waals surface area contributed by atoms with E-state index in [1.54, 1.807) is 6.20 Å². The summed E-state index contributed by atoms with van der Waals surface area (Å²) < 4.78 is 5.13. The van der Waals surface area contributed by atoms with Gasteiger partial charge in [-0.15, -0.1) is 0 Å². The molecule has 1 aromatic carbocycles. The van der Waals surface area contributed by atoms with E-state index in [-0.39, 0.29) is 24.2 Å². The van der Waals surface area contributed by atoms with E-state index in [9.17, 15) is 9.59 Å². The van der Waals surface area contributed by atoms with E-state index >= 15 is 0 Å². The van der Waals surface area contributed by atoms with Crippen LogP contribution in [-0.2, 0) is 9.53 Å². The van der Waals surface area contributed by atoms with Gasteiger partial charge in [0.15, 0.2) is 12.3 Å². The molecule has 23 heavy (non-hydrogen) atoms. The molecule has 0 radical (unpaired) electrons. The Morgan fingerprint density at radius 3 is 2.74 bits per heavy atom. The Morgan fingerprint density at radius 2 is 1.91 bits per heavy atom. The molecule has 1 aliphatic rings. The number of pyridine rings is 1. The monoisotopic (exact) mass is 312 g/mol. The molecule has 120 valence electrons. The fraction of sp³-hybridized carbons (Fsp3) is 0.389. The highest BCUT2D eigenvalue weighted by Gasteiger charge is 2.18. The summed E-state index contributed by atoms with van der Waals surface area (Å²) in [5, 5.41) is 4.57. The zero-order valence-corrected chi connectivity index (χ0v) is 13.0. The highest BCUT2D eigenvalue weighted by molar-refractivity contribution is 6.02. The minimum atomic E-state index is -0.569. The van der Waals surface area contributed by atoms with E-state index in [0.29, 0.717) is 0 Å². The fourth-order valence-corrected chi connectivity index (χ4v) is 3.00. The van der Waals surface area contributed by atoms with Crippen molar-refractivity contribution < 1.29 is 14.3 Å². The molecule has 0 aliphatic heterocycles. The number of esters is 1. The quantitative estimate of drug-likeness (QED) is 0.882. The number of nitrogens with zero attached hydrogens (tertiary/aromatic N) is 1. The van der Waals surface area contributed by atoms with Crippen molar-refractivity contribution in [1.82, 2.24) is 10.3 Å². The molecule has 0 atom stereocenters. The summed E-state index contributed by atoms with van der Waals surface area (Å²) >= 11 is 0. The fourth-order valence-electron chi connectivity index (χ4n) is 3.00. The van der Waals surface area contributed by atoms with E-state index in [2.05, 4.69) is 10.3 Å². The van der Waals surface area contributed by atoms with Crippen LogP contribution in [0.1, 0.15) is 42.6 Å². The van der Waals surface area contributed by atoms with Gasteiger partial charge >= 0.3 is 5.97 Å². The third kappa shape index (κ3) is 3.86. The van der Waals surface area contributed by atoms with Gasteiger partial charge in [-0.3, -0.25) is 4.79 Å². The first-order valence-corrected chi connectivity index (χ1v) is 8.04. The minimum absolute atomic E-state index is 0.214. The third-order valence-corrected chi connectivity index (χ3v) is 4.17. The second-order valence-corrected chi connectivity index (χ2v) is 5.86. The summed E-state index contributed by atoms with van der Waals surface area (Å²) in [6.07, 6.45) is 7.10. The first-order chi connectivity index (χ1) is 11.2. The lowest BCUT2D eigenvalue weighted by Gasteiger charge is -2.22. The SMILES string of the molecule is O=C(COC(=O)c1nccc2ccccc12)NC1CCCCC1. The van der Waals surface area contributed by atoms with Gasteiger partial charge in [-0.2, -0.15) is 0 Å². The topological polar surface area (TPSA) is 68.3 Å². The minimum Gasteiger partial charge on any atom is -0.451 e. The van der Waals surface area contributed by atoms with E-state index in [4.69, 9.17) is 4.74 Å². The summed E-state index contributed by atoms with van der Waals surface area (Å²) in [4.78, 5) is 28.2. The Hall–Kier alpha value is -2.43. The molecule has 0 unspecified atom stereocenters. The lowest BCUT2D eigenvalue weighted by atomic mass is 9.95. The van der Waals surface area contributed by atoms with E-state index < -0.39 is 5.97 Å². The molecular formula is C18H20N2O3. The average molecular weight is 312 g/mol. The maximum atomic E-state index is 12.2. The van der Waals surface area contributed by atoms with Crippen molar-refractivity contribution in [2.75, 3.05) is 6.61 Å². The zero-order chi connectivity index (χ0) is 16.1. The number of amides is 1. The smallest absolute Gasteiger partial charge is 0.358 e. The van der Waals surface area contributed by atoms with Gasteiger partial charge < -0.3 is 10.1 Å². The second kappa shape index (κ2) is 7.22. The van der Waals surface area contributed by atoms with Crippen LogP contribution in [0.5, 0.6) is 0 Å². The summed E-state index contributed by atoms with van der Waals surface area (Å²) in [6, 6.07) is 9.52. The summed E-state index contributed by atoms with van der Waals surface area (Å²) in [6.45, 7) is -0.264. The Labute approximate surface area is 135 Å². The lowest BCUT2D eigenvalue weighted by Crippen LogP contribution is -2.38. The summed E-state index contributed by atoms with van der Waals surface area (Å²) in [5.41, 5.74) is 0.244. The van der Waals surface area contributed by atoms with Crippen LogP contribution in [0.25, 0.3) is 10.8 Å². The Kier molecular flexibility index (Phi) is 4.86. The first-order valence-electron chi connectivity index (χ1n) is 8.04. The largest absolute Gasteiger partial charge is 0.451 e. The highest BCUT2D eigenvalue weighted by Crippen LogP contribution is 2.18. The molecule has 5 heteroatoms. The van der Waals surface area contributed by atoms with Crippen molar-refractivity contribution >= 4 is 22.6 Å². The van der Waals surface area contributed by atoms with Crippen LogP contribution in [0.3, 0.4) is 0 Å². The Bertz CT molecular complexity index is 703. The third-order valence-electron chi connectivity index (χ3n) is 4.17. The molecule has 0 saturated heterocycles. The molecular weight excluding hydrogens is 292 g/mol. The number of fused-ring (bicyclic) bond motifs is 1. The molecule has 1 heterocycles. The van der Waals surface area contributed by atoms with Crippen LogP contribution >= 0.6 is 0 Å². The van der Waals surface area contributed by atoms with Crippen molar-refractivity contribution in [2.24, 2.45) is 0 Å². The number of benzene rings is 1. The Balaban J connectivity index is 1.59. The lowest BCUT2D eigenvalue weighted by molar-refractivity contribution is -0.125. The molecule has 1 N–H and O–H groups in total. The number of carbonyl (C=O) groups excluding carboxylic acids is 2. The molecule has 1 fully saturated rings. The van der Waals surface area contributed by atoms with Crippen molar-refractivity contribution in [3.8, 4) is 0 Å². The van der Waals surface area contributed by atoms with Crippen LogP contribution < -0.4 is 5.32 Å². The summed E-state index contributed by atoms with van der Waals surface area (Å²) in [7, 11) is 0. The van der Waals surface area contributed by atoms with Gasteiger partial charge in [0.25, 0.3) is 5.91 Å². The molecule has 5 nitrogen and oxygen atoms in total. The summed E-state index contributed by atoms with van der Waals surface area (Å²) in [5.74, 6) is -0.814. The molecule has 3 rings (SSSR count). The van der Waals surface area contributed by atoms with Crippen molar-refractivity contribution in [3.05, 3.63) is 42.2 Å². The number of rotatable bonds is 4. The van der Waals surface area contributed by atoms with E-state index in [0.717, 1.165) is 36.5 Å². The molecule has 2 aromatic rings. The van der Waals surface area contributed by atoms with Gasteiger partial charge in [-0.25, -0.2) is 9.78 Å². The van der Waals surface area contributed by atoms with Gasteiger partial charge in [0.05, 0.1) is 0 Å². The molecule has 1 saturated carbocycles. The van der Waals surface area contributed by atoms with Crippen molar-refractivity contribution in [1.29, 1.82) is 0 Å². The number of ether oxygens (including phenoxy) is 1. The molecule has 1 amide bonds. The zero-order valence-electron chi connectivity index (χ0n) is 13.0. The standard InChI is InChI=1S/C18H20N2O3/c21-16(20-14-7-2-1-3-8-14)12-23-18(22)17-15-9-5-4-6-13(15)10-11-19-17/h4-6,9-11,14H,1-3,7-8,12H2,(H,20,21). The van der Waals surface area contributed by atoms with Crippen molar-refractivity contribution in [3.63, 3.8) is 0 Å². The average Bonchev–Trinajstić information content (AvgIpc) is 2.60. The highest BCUT2D eigenvalue weighted by atomic mass is 16.5. The van der Waals surface area contributed by atoms with Gasteiger partial charge in [-0.05, 0) is 24.3 Å². The normalized spacial score (nSPS) is 15.3. The van der Waals surface area contributed by atoms with Crippen LogP contribution in [0.2, 0.25) is 0 Å². The molecule has 0 spiro atoms. The van der Waals surface area contributed by atoms with E-state index in [1.807, 2.05) is 30.3 Å². The van der Waals surface area contributed by atoms with Gasteiger partial charge in [-0.1, -0.05) is 43.5 Å². The maximum absolute atomic E-state index is 12.2. The predicted octanol–water partition coefficient (Wildman–Crippen LogP) is 2.84. The van der Waals surface area contributed by atoms with Crippen LogP contribution in [0, 0.1) is 0 Å². The number of hydrogen-bond donors (Lipinski definition) is 1. The number of hydrogen-bond acceptors (Lipinski definition) is 4. The molecule has 0 bridgehead atoms. The molecule has 1 aliphatic carbocycles. The number of carbonyl (C=O) groups is 2. The second-order valence-electron chi connectivity index (χ2n) is 5.86. The maximum Gasteiger partial charge on any atom is 0.358 e. The van der Waals surface area contributed by atoms with Crippen molar-refractivity contribution in [2.45, 2.75) is 38.1 Å². The van der Waals surface area contributed by atoms with Crippen LogP contribution in [-0.4, -0.2) is 29.5 Å². The van der Waals surface area contributed by atoms with Crippen LogP contribution in [0.4, 0.5) is 0 Å². The van der Waals surface area contributed by atoms with Crippen LogP contribution in [0.15, 0.2) is 36.5 Å². The first kappa shape index (κ1) is 15.5. The van der Waals surface area contributed by atoms with E-state index in [1.165, 1.54) is 6.42 Å².